The van der Waals surface area contributed by atoms with Gasteiger partial charge in [0.15, 0.2) is 11.4 Å². The van der Waals surface area contributed by atoms with Crippen molar-refractivity contribution in [2.45, 2.75) is 56.4 Å². The van der Waals surface area contributed by atoms with Gasteiger partial charge in [0.2, 0.25) is 10.0 Å². The first-order chi connectivity index (χ1) is 21.0. The highest BCUT2D eigenvalue weighted by molar-refractivity contribution is 7.89. The van der Waals surface area contributed by atoms with Crippen LogP contribution in [0.3, 0.4) is 0 Å². The number of nitrogens with zero attached hydrogens (tertiary/aromatic N) is 2. The van der Waals surface area contributed by atoms with Crippen molar-refractivity contribution in [1.29, 1.82) is 0 Å². The minimum atomic E-state index is -3.94. The van der Waals surface area contributed by atoms with E-state index in [1.54, 1.807) is 12.1 Å². The fraction of sp³-hybridized carbons (Fsp3) is 0.533. The second-order valence-electron chi connectivity index (χ2n) is 12.3. The Morgan fingerprint density at radius 2 is 1.91 bits per heavy atom. The van der Waals surface area contributed by atoms with E-state index in [1.165, 1.54) is 33.8 Å². The Bertz CT molecular complexity index is 1620. The first kappa shape index (κ1) is 31.1. The van der Waals surface area contributed by atoms with Crippen LogP contribution < -0.4 is 11.1 Å². The van der Waals surface area contributed by atoms with E-state index in [9.17, 15) is 22.0 Å². The summed E-state index contributed by atoms with van der Waals surface area (Å²) in [6, 6.07) is 7.20. The number of aromatic nitrogens is 1. The Labute approximate surface area is 258 Å². The van der Waals surface area contributed by atoms with Gasteiger partial charge in [-0.1, -0.05) is 25.2 Å². The average Bonchev–Trinajstić information content (AvgIpc) is 3.60. The van der Waals surface area contributed by atoms with E-state index in [4.69, 9.17) is 19.9 Å². The summed E-state index contributed by atoms with van der Waals surface area (Å²) in [7, 11) is -3.94. The molecular weight excluding hydrogens is 614 g/mol. The minimum absolute atomic E-state index is 0.00245. The summed E-state index contributed by atoms with van der Waals surface area (Å²) >= 11 is 1.20. The van der Waals surface area contributed by atoms with E-state index in [0.717, 1.165) is 12.5 Å². The third kappa shape index (κ3) is 6.54. The number of anilines is 1. The molecule has 1 aromatic heterocycles. The van der Waals surface area contributed by atoms with Gasteiger partial charge in [0.1, 0.15) is 17.7 Å². The first-order valence-corrected chi connectivity index (χ1v) is 17.0. The van der Waals surface area contributed by atoms with Gasteiger partial charge in [-0.05, 0) is 61.1 Å². The standard InChI is InChI=1S/C30H36F2N4O6S2/c1-16(2)13-36(44(38,39)22-3-4-25-26(12-22)43-29(33)35-25)6-5-21(9-17-7-19(31)11-20(32)8-17)34-30(37)42-27-18-10-23-24(27)15-41-28(23)40-14-18/h3-4,7-8,11-12,16,18,21,23-24,27-28H,5-6,9-10,13-15H2,1-2H3,(H2,33,35)(H,34,37)/t18?,21-,23?,24?,27?,28?/m1/s1. The highest BCUT2D eigenvalue weighted by Crippen LogP contribution is 2.49. The number of amides is 1. The molecule has 6 rings (SSSR count). The summed E-state index contributed by atoms with van der Waals surface area (Å²) in [4.78, 5) is 17.6. The van der Waals surface area contributed by atoms with E-state index in [1.807, 2.05) is 13.8 Å². The molecule has 2 bridgehead atoms. The Morgan fingerprint density at radius 1 is 1.16 bits per heavy atom. The van der Waals surface area contributed by atoms with Crippen molar-refractivity contribution in [3.8, 4) is 0 Å². The third-order valence-corrected chi connectivity index (χ3v) is 11.3. The molecule has 238 valence electrons. The van der Waals surface area contributed by atoms with Crippen molar-refractivity contribution in [2.75, 3.05) is 32.0 Å². The number of carbonyl (C=O) groups is 1. The molecule has 3 aliphatic rings. The van der Waals surface area contributed by atoms with Crippen LogP contribution in [-0.2, 0) is 30.7 Å². The molecule has 0 spiro atoms. The van der Waals surface area contributed by atoms with Crippen LogP contribution in [-0.4, -0.2) is 68.5 Å². The van der Waals surface area contributed by atoms with Crippen LogP contribution in [0.25, 0.3) is 10.2 Å². The number of nitrogens with one attached hydrogen (secondary N) is 1. The van der Waals surface area contributed by atoms with Crippen LogP contribution in [0, 0.1) is 35.3 Å². The van der Waals surface area contributed by atoms with Gasteiger partial charge >= 0.3 is 6.09 Å². The van der Waals surface area contributed by atoms with Gasteiger partial charge in [0, 0.05) is 43.0 Å². The van der Waals surface area contributed by atoms with E-state index >= 15 is 0 Å². The van der Waals surface area contributed by atoms with E-state index in [0.29, 0.717) is 34.1 Å². The van der Waals surface area contributed by atoms with Crippen LogP contribution >= 0.6 is 11.3 Å². The second kappa shape index (κ2) is 12.5. The first-order valence-electron chi connectivity index (χ1n) is 14.8. The highest BCUT2D eigenvalue weighted by atomic mass is 32.2. The third-order valence-electron chi connectivity index (χ3n) is 8.57. The van der Waals surface area contributed by atoms with Crippen molar-refractivity contribution >= 4 is 42.8 Å². The molecule has 0 radical (unpaired) electrons. The molecule has 2 aromatic carbocycles. The summed E-state index contributed by atoms with van der Waals surface area (Å²) in [5.74, 6) is -1.16. The van der Waals surface area contributed by atoms with Crippen molar-refractivity contribution in [3.05, 3.63) is 53.6 Å². The number of carbonyl (C=O) groups excluding carboxylic acids is 1. The zero-order chi connectivity index (χ0) is 31.2. The quantitative estimate of drug-likeness (QED) is 0.309. The number of rotatable bonds is 11. The van der Waals surface area contributed by atoms with Crippen LogP contribution in [0.5, 0.6) is 0 Å². The number of fused-ring (bicyclic) bond motifs is 2. The monoisotopic (exact) mass is 650 g/mol. The molecule has 5 unspecified atom stereocenters. The number of thiazole rings is 1. The van der Waals surface area contributed by atoms with Crippen LogP contribution in [0.15, 0.2) is 41.3 Å². The molecule has 14 heteroatoms. The van der Waals surface area contributed by atoms with Gasteiger partial charge in [-0.25, -0.2) is 27.0 Å². The smallest absolute Gasteiger partial charge is 0.407 e. The highest BCUT2D eigenvalue weighted by Gasteiger charge is 2.56. The van der Waals surface area contributed by atoms with Crippen LogP contribution in [0.1, 0.15) is 32.3 Å². The summed E-state index contributed by atoms with van der Waals surface area (Å²) in [6.07, 6.45) is -0.191. The Kier molecular flexibility index (Phi) is 8.81. The molecule has 10 nitrogen and oxygen atoms in total. The van der Waals surface area contributed by atoms with Crippen LogP contribution in [0.4, 0.5) is 18.7 Å². The summed E-state index contributed by atoms with van der Waals surface area (Å²) in [5.41, 5.74) is 6.76. The van der Waals surface area contributed by atoms with Gasteiger partial charge in [-0.15, -0.1) is 0 Å². The molecule has 3 fully saturated rings. The number of alkyl carbamates (subject to hydrolysis) is 1. The number of hydrogen-bond acceptors (Lipinski definition) is 9. The zero-order valence-corrected chi connectivity index (χ0v) is 26.1. The number of ether oxygens (including phenoxy) is 3. The lowest BCUT2D eigenvalue weighted by Crippen LogP contribution is -2.44. The maximum absolute atomic E-state index is 14.1. The van der Waals surface area contributed by atoms with E-state index < -0.39 is 33.8 Å². The molecule has 1 amide bonds. The lowest BCUT2D eigenvalue weighted by molar-refractivity contribution is -0.169. The average molecular weight is 651 g/mol. The second-order valence-corrected chi connectivity index (χ2v) is 15.3. The maximum atomic E-state index is 14.1. The summed E-state index contributed by atoms with van der Waals surface area (Å²) in [6.45, 7) is 5.01. The lowest BCUT2D eigenvalue weighted by Gasteiger charge is -2.29. The molecule has 2 saturated heterocycles. The fourth-order valence-electron chi connectivity index (χ4n) is 6.66. The number of sulfonamides is 1. The maximum Gasteiger partial charge on any atom is 0.407 e. The fourth-order valence-corrected chi connectivity index (χ4v) is 9.15. The van der Waals surface area contributed by atoms with Gasteiger partial charge in [-0.2, -0.15) is 4.31 Å². The van der Waals surface area contributed by atoms with Gasteiger partial charge in [0.25, 0.3) is 0 Å². The lowest BCUT2D eigenvalue weighted by atomic mass is 9.98. The summed E-state index contributed by atoms with van der Waals surface area (Å²) in [5, 5.41) is 3.21. The summed E-state index contributed by atoms with van der Waals surface area (Å²) < 4.78 is 75.3. The van der Waals surface area contributed by atoms with E-state index in [-0.39, 0.29) is 66.9 Å². The Morgan fingerprint density at radius 3 is 2.66 bits per heavy atom. The predicted molar refractivity (Wildman–Crippen MR) is 160 cm³/mol. The Hall–Kier alpha value is -2.91. The number of nitrogen functional groups attached to an aromatic ring is 1. The molecule has 3 N–H and O–H groups in total. The van der Waals surface area contributed by atoms with Gasteiger partial charge < -0.3 is 25.3 Å². The van der Waals surface area contributed by atoms with Crippen molar-refractivity contribution < 1.29 is 36.2 Å². The number of benzene rings is 2. The van der Waals surface area contributed by atoms with Crippen molar-refractivity contribution in [3.63, 3.8) is 0 Å². The number of hydrogen-bond donors (Lipinski definition) is 2. The molecule has 3 heterocycles. The van der Waals surface area contributed by atoms with Crippen molar-refractivity contribution in [1.82, 2.24) is 14.6 Å². The van der Waals surface area contributed by atoms with Crippen LogP contribution in [0.2, 0.25) is 0 Å². The number of nitrogens with two attached hydrogens (primary N) is 1. The molecule has 1 aliphatic carbocycles. The SMILES string of the molecule is CC(C)CN(CC[C@H](Cc1cc(F)cc(F)c1)NC(=O)OC1C2COC3OCC1C3C2)S(=O)(=O)c1ccc2nc(N)sc2c1. The number of halogens is 2. The molecular formula is C30H36F2N4O6S2. The van der Waals surface area contributed by atoms with Crippen molar-refractivity contribution in [2.24, 2.45) is 23.7 Å². The predicted octanol–water partition coefficient (Wildman–Crippen LogP) is 4.54. The zero-order valence-electron chi connectivity index (χ0n) is 24.4. The topological polar surface area (TPSA) is 133 Å². The molecule has 44 heavy (non-hydrogen) atoms. The minimum Gasteiger partial charge on any atom is -0.445 e. The molecule has 3 aromatic rings. The Balaban J connectivity index is 1.20. The molecule has 2 aliphatic heterocycles. The molecule has 1 saturated carbocycles. The van der Waals surface area contributed by atoms with Gasteiger partial charge in [0.05, 0.1) is 28.3 Å². The molecule has 6 atom stereocenters. The normalized spacial score (nSPS) is 25.2. The van der Waals surface area contributed by atoms with E-state index in [2.05, 4.69) is 10.3 Å². The largest absolute Gasteiger partial charge is 0.445 e. The van der Waals surface area contributed by atoms with Gasteiger partial charge in [-0.3, -0.25) is 0 Å².